The lowest BCUT2D eigenvalue weighted by Gasteiger charge is -2.09. The normalized spacial score (nSPS) is 10.7. The Morgan fingerprint density at radius 1 is 1.30 bits per heavy atom. The maximum absolute atomic E-state index is 5.22. The molecule has 0 aliphatic heterocycles. The second-order valence-electron chi connectivity index (χ2n) is 4.39. The highest BCUT2D eigenvalue weighted by atomic mass is 16.5. The lowest BCUT2D eigenvalue weighted by Crippen LogP contribution is -2.06. The molecule has 0 amide bonds. The van der Waals surface area contributed by atoms with E-state index in [-0.39, 0.29) is 0 Å². The van der Waals surface area contributed by atoms with E-state index in [0.717, 1.165) is 16.9 Å². The standard InChI is InChI=1S/C13H14N6O/c1-9-16-13(20-17-9)11-5-3-4-6-12(11)14-7-10-8-15-18-19(10)2/h3-6,8,14H,7H2,1-2H3. The van der Waals surface area contributed by atoms with Crippen molar-refractivity contribution in [3.63, 3.8) is 0 Å². The fourth-order valence-electron chi connectivity index (χ4n) is 1.89. The minimum absolute atomic E-state index is 0.508. The van der Waals surface area contributed by atoms with Crippen molar-refractivity contribution < 1.29 is 4.52 Å². The molecule has 0 radical (unpaired) electrons. The van der Waals surface area contributed by atoms with Crippen LogP contribution in [0.3, 0.4) is 0 Å². The number of benzene rings is 1. The van der Waals surface area contributed by atoms with Gasteiger partial charge in [0.1, 0.15) is 0 Å². The zero-order valence-corrected chi connectivity index (χ0v) is 11.2. The van der Waals surface area contributed by atoms with Gasteiger partial charge in [-0.1, -0.05) is 22.5 Å². The van der Waals surface area contributed by atoms with Gasteiger partial charge in [-0.2, -0.15) is 4.98 Å². The highest BCUT2D eigenvalue weighted by Crippen LogP contribution is 2.26. The van der Waals surface area contributed by atoms with E-state index in [4.69, 9.17) is 4.52 Å². The van der Waals surface area contributed by atoms with Gasteiger partial charge in [0, 0.05) is 12.7 Å². The number of hydrogen-bond acceptors (Lipinski definition) is 6. The van der Waals surface area contributed by atoms with Crippen LogP contribution in [0.15, 0.2) is 35.0 Å². The number of aromatic nitrogens is 5. The Morgan fingerprint density at radius 2 is 2.15 bits per heavy atom. The molecular weight excluding hydrogens is 256 g/mol. The third kappa shape index (κ3) is 2.37. The molecule has 1 N–H and O–H groups in total. The highest BCUT2D eigenvalue weighted by molar-refractivity contribution is 5.72. The number of anilines is 1. The second-order valence-corrected chi connectivity index (χ2v) is 4.39. The van der Waals surface area contributed by atoms with E-state index in [9.17, 15) is 0 Å². The molecule has 0 saturated carbocycles. The first kappa shape index (κ1) is 12.3. The topological polar surface area (TPSA) is 81.7 Å². The molecule has 0 spiro atoms. The Balaban J connectivity index is 1.85. The van der Waals surface area contributed by atoms with Gasteiger partial charge in [0.25, 0.3) is 5.89 Å². The molecule has 3 rings (SSSR count). The maximum Gasteiger partial charge on any atom is 0.260 e. The maximum atomic E-state index is 5.22. The van der Waals surface area contributed by atoms with Crippen LogP contribution in [-0.4, -0.2) is 25.1 Å². The monoisotopic (exact) mass is 270 g/mol. The van der Waals surface area contributed by atoms with Crippen LogP contribution < -0.4 is 5.32 Å². The van der Waals surface area contributed by atoms with Crippen LogP contribution in [0.4, 0.5) is 5.69 Å². The first-order chi connectivity index (χ1) is 9.74. The minimum atomic E-state index is 0.508. The summed E-state index contributed by atoms with van der Waals surface area (Å²) in [5, 5.41) is 14.9. The molecule has 0 aliphatic rings. The predicted octanol–water partition coefficient (Wildman–Crippen LogP) is 1.79. The molecule has 7 nitrogen and oxygen atoms in total. The molecule has 102 valence electrons. The summed E-state index contributed by atoms with van der Waals surface area (Å²) >= 11 is 0. The second kappa shape index (κ2) is 5.12. The molecule has 1 aromatic carbocycles. The van der Waals surface area contributed by atoms with Gasteiger partial charge in [-0.05, 0) is 19.1 Å². The van der Waals surface area contributed by atoms with Crippen LogP contribution >= 0.6 is 0 Å². The summed E-state index contributed by atoms with van der Waals surface area (Å²) in [5.41, 5.74) is 2.79. The van der Waals surface area contributed by atoms with E-state index >= 15 is 0 Å². The van der Waals surface area contributed by atoms with Crippen LogP contribution in [0.1, 0.15) is 11.5 Å². The molecule has 0 bridgehead atoms. The molecule has 7 heteroatoms. The van der Waals surface area contributed by atoms with E-state index in [1.54, 1.807) is 17.8 Å². The fourth-order valence-corrected chi connectivity index (χ4v) is 1.89. The lowest BCUT2D eigenvalue weighted by molar-refractivity contribution is 0.426. The molecule has 2 aromatic heterocycles. The summed E-state index contributed by atoms with van der Waals surface area (Å²) in [6.07, 6.45) is 1.73. The van der Waals surface area contributed by atoms with Crippen molar-refractivity contribution in [3.05, 3.63) is 42.0 Å². The van der Waals surface area contributed by atoms with E-state index in [2.05, 4.69) is 25.8 Å². The Morgan fingerprint density at radius 3 is 2.85 bits per heavy atom. The molecule has 0 unspecified atom stereocenters. The van der Waals surface area contributed by atoms with Crippen molar-refractivity contribution in [2.45, 2.75) is 13.5 Å². The van der Waals surface area contributed by atoms with E-state index in [0.29, 0.717) is 18.3 Å². The molecule has 0 aliphatic carbocycles. The highest BCUT2D eigenvalue weighted by Gasteiger charge is 2.11. The fraction of sp³-hybridized carbons (Fsp3) is 0.231. The van der Waals surface area contributed by atoms with Crippen LogP contribution in [0.5, 0.6) is 0 Å². The Bertz CT molecular complexity index is 717. The number of aryl methyl sites for hydroxylation is 2. The predicted molar refractivity (Wildman–Crippen MR) is 72.8 cm³/mol. The van der Waals surface area contributed by atoms with Crippen molar-refractivity contribution in [2.24, 2.45) is 7.05 Å². The molecule has 2 heterocycles. The number of nitrogens with one attached hydrogen (secondary N) is 1. The minimum Gasteiger partial charge on any atom is -0.379 e. The molecule has 3 aromatic rings. The van der Waals surface area contributed by atoms with Gasteiger partial charge in [-0.3, -0.25) is 4.68 Å². The SMILES string of the molecule is Cc1noc(-c2ccccc2NCc2cnnn2C)n1. The van der Waals surface area contributed by atoms with Gasteiger partial charge < -0.3 is 9.84 Å². The number of nitrogens with zero attached hydrogens (tertiary/aromatic N) is 5. The van der Waals surface area contributed by atoms with Crippen molar-refractivity contribution in [2.75, 3.05) is 5.32 Å². The Hall–Kier alpha value is -2.70. The summed E-state index contributed by atoms with van der Waals surface area (Å²) < 4.78 is 6.95. The number of hydrogen-bond donors (Lipinski definition) is 1. The third-order valence-corrected chi connectivity index (χ3v) is 2.95. The summed E-state index contributed by atoms with van der Waals surface area (Å²) in [7, 11) is 1.86. The average Bonchev–Trinajstić information content (AvgIpc) is 3.06. The third-order valence-electron chi connectivity index (χ3n) is 2.95. The summed E-state index contributed by atoms with van der Waals surface area (Å²) in [5.74, 6) is 1.12. The molecule has 0 atom stereocenters. The van der Waals surface area contributed by atoms with Gasteiger partial charge in [0.15, 0.2) is 5.82 Å². The molecule has 0 saturated heterocycles. The smallest absolute Gasteiger partial charge is 0.260 e. The summed E-state index contributed by atoms with van der Waals surface area (Å²) in [4.78, 5) is 4.26. The van der Waals surface area contributed by atoms with Gasteiger partial charge >= 0.3 is 0 Å². The van der Waals surface area contributed by atoms with Gasteiger partial charge in [-0.25, -0.2) is 0 Å². The first-order valence-electron chi connectivity index (χ1n) is 6.21. The molecule has 20 heavy (non-hydrogen) atoms. The van der Waals surface area contributed by atoms with Crippen molar-refractivity contribution in [1.82, 2.24) is 25.1 Å². The Kier molecular flexibility index (Phi) is 3.16. The molecular formula is C13H14N6O. The van der Waals surface area contributed by atoms with Crippen molar-refractivity contribution in [3.8, 4) is 11.5 Å². The number of para-hydroxylation sites is 1. The quantitative estimate of drug-likeness (QED) is 0.778. The first-order valence-corrected chi connectivity index (χ1v) is 6.21. The van der Waals surface area contributed by atoms with Crippen LogP contribution in [0.2, 0.25) is 0 Å². The zero-order valence-electron chi connectivity index (χ0n) is 11.2. The number of rotatable bonds is 4. The average molecular weight is 270 g/mol. The van der Waals surface area contributed by atoms with E-state index in [1.807, 2.05) is 31.3 Å². The van der Waals surface area contributed by atoms with Crippen LogP contribution in [-0.2, 0) is 13.6 Å². The van der Waals surface area contributed by atoms with Gasteiger partial charge in [-0.15, -0.1) is 5.10 Å². The van der Waals surface area contributed by atoms with Gasteiger partial charge in [0.05, 0.1) is 24.0 Å². The largest absolute Gasteiger partial charge is 0.379 e. The van der Waals surface area contributed by atoms with Crippen LogP contribution in [0, 0.1) is 6.92 Å². The molecule has 0 fully saturated rings. The van der Waals surface area contributed by atoms with E-state index in [1.165, 1.54) is 0 Å². The van der Waals surface area contributed by atoms with E-state index < -0.39 is 0 Å². The summed E-state index contributed by atoms with van der Waals surface area (Å²) in [6.45, 7) is 2.41. The summed E-state index contributed by atoms with van der Waals surface area (Å²) in [6, 6.07) is 7.80. The lowest BCUT2D eigenvalue weighted by atomic mass is 10.1. The van der Waals surface area contributed by atoms with Crippen molar-refractivity contribution in [1.29, 1.82) is 0 Å². The van der Waals surface area contributed by atoms with Crippen molar-refractivity contribution >= 4 is 5.69 Å². The van der Waals surface area contributed by atoms with Gasteiger partial charge in [0.2, 0.25) is 0 Å². The Labute approximate surface area is 115 Å². The van der Waals surface area contributed by atoms with Crippen LogP contribution in [0.25, 0.3) is 11.5 Å². The zero-order chi connectivity index (χ0) is 13.9.